The van der Waals surface area contributed by atoms with Crippen molar-refractivity contribution in [3.05, 3.63) is 102 Å². The van der Waals surface area contributed by atoms with E-state index in [9.17, 15) is 14.9 Å². The lowest BCUT2D eigenvalue weighted by atomic mass is 10.1. The molecule has 0 atom stereocenters. The molecule has 1 aliphatic heterocycles. The predicted molar refractivity (Wildman–Crippen MR) is 135 cm³/mol. The van der Waals surface area contributed by atoms with Crippen LogP contribution in [0.4, 0.5) is 5.69 Å². The lowest BCUT2D eigenvalue weighted by Crippen LogP contribution is -2.06. The number of hydrogen-bond donors (Lipinski definition) is 0. The highest BCUT2D eigenvalue weighted by Crippen LogP contribution is 2.36. The summed E-state index contributed by atoms with van der Waals surface area (Å²) < 4.78 is 17.5. The van der Waals surface area contributed by atoms with Crippen molar-refractivity contribution in [2.45, 2.75) is 6.61 Å². The van der Waals surface area contributed by atoms with E-state index in [0.29, 0.717) is 23.7 Å². The lowest BCUT2D eigenvalue weighted by molar-refractivity contribution is -0.384. The molecule has 3 aromatic rings. The third-order valence-corrected chi connectivity index (χ3v) is 5.92. The number of halogens is 2. The van der Waals surface area contributed by atoms with Gasteiger partial charge in [-0.05, 0) is 58.0 Å². The molecule has 3 aromatic carbocycles. The standard InChI is InChI=1S/C24H16ClIN2O6/c1-32-21-11-15(9-19(26)22(21)33-13-14-5-3-2-4-6-14)10-20-24(29)34-23(27-20)17-12-16(28(30)31)7-8-18(17)25/h2-12H,13H2,1H3/b20-10-. The maximum absolute atomic E-state index is 12.4. The van der Waals surface area contributed by atoms with Crippen molar-refractivity contribution in [2.75, 3.05) is 7.11 Å². The van der Waals surface area contributed by atoms with Crippen molar-refractivity contribution < 1.29 is 23.9 Å². The Morgan fingerprint density at radius 3 is 2.65 bits per heavy atom. The maximum atomic E-state index is 12.4. The number of cyclic esters (lactones) is 1. The molecule has 0 N–H and O–H groups in total. The van der Waals surface area contributed by atoms with E-state index >= 15 is 0 Å². The molecular weight excluding hydrogens is 575 g/mol. The van der Waals surface area contributed by atoms with E-state index < -0.39 is 10.9 Å². The van der Waals surface area contributed by atoms with E-state index in [1.165, 1.54) is 31.4 Å². The van der Waals surface area contributed by atoms with Crippen molar-refractivity contribution in [1.82, 2.24) is 0 Å². The Balaban J connectivity index is 1.63. The molecule has 0 saturated carbocycles. The number of ether oxygens (including phenoxy) is 3. The van der Waals surface area contributed by atoms with Gasteiger partial charge in [-0.3, -0.25) is 10.1 Å². The quantitative estimate of drug-likeness (QED) is 0.114. The SMILES string of the molecule is COc1cc(/C=C2\N=C(c3cc([N+](=O)[O-])ccc3Cl)OC2=O)cc(I)c1OCc1ccccc1. The van der Waals surface area contributed by atoms with Gasteiger partial charge in [-0.1, -0.05) is 41.9 Å². The summed E-state index contributed by atoms with van der Waals surface area (Å²) in [5.41, 5.74) is 1.64. The Morgan fingerprint density at radius 2 is 1.94 bits per heavy atom. The molecule has 0 saturated heterocycles. The minimum absolute atomic E-state index is 0.0216. The van der Waals surface area contributed by atoms with Crippen LogP contribution in [0.15, 0.2) is 71.4 Å². The average molecular weight is 591 g/mol. The van der Waals surface area contributed by atoms with E-state index in [2.05, 4.69) is 27.6 Å². The topological polar surface area (TPSA) is 100 Å². The zero-order chi connectivity index (χ0) is 24.2. The van der Waals surface area contributed by atoms with E-state index in [4.69, 9.17) is 25.8 Å². The second-order valence-corrected chi connectivity index (χ2v) is 8.64. The highest BCUT2D eigenvalue weighted by molar-refractivity contribution is 14.1. The minimum Gasteiger partial charge on any atom is -0.493 e. The Bertz CT molecular complexity index is 1340. The molecule has 0 radical (unpaired) electrons. The fraction of sp³-hybridized carbons (Fsp3) is 0.0833. The summed E-state index contributed by atoms with van der Waals surface area (Å²) in [6.07, 6.45) is 1.53. The number of hydrogen-bond acceptors (Lipinski definition) is 7. The van der Waals surface area contributed by atoms with Crippen LogP contribution in [0.2, 0.25) is 5.02 Å². The van der Waals surface area contributed by atoms with Crippen molar-refractivity contribution >= 4 is 57.8 Å². The highest BCUT2D eigenvalue weighted by atomic mass is 127. The van der Waals surface area contributed by atoms with Gasteiger partial charge in [-0.25, -0.2) is 9.79 Å². The van der Waals surface area contributed by atoms with E-state index in [-0.39, 0.29) is 27.9 Å². The van der Waals surface area contributed by atoms with Gasteiger partial charge in [-0.15, -0.1) is 0 Å². The fourth-order valence-electron chi connectivity index (χ4n) is 3.17. The summed E-state index contributed by atoms with van der Waals surface area (Å²) >= 11 is 8.27. The summed E-state index contributed by atoms with van der Waals surface area (Å²) in [5.74, 6) is 0.271. The molecule has 0 aromatic heterocycles. The zero-order valence-electron chi connectivity index (χ0n) is 17.7. The fourth-order valence-corrected chi connectivity index (χ4v) is 4.15. The zero-order valence-corrected chi connectivity index (χ0v) is 20.6. The molecular formula is C24H16ClIN2O6. The monoisotopic (exact) mass is 590 g/mol. The first-order valence-corrected chi connectivity index (χ1v) is 11.3. The van der Waals surface area contributed by atoms with Crippen molar-refractivity contribution in [3.8, 4) is 11.5 Å². The minimum atomic E-state index is -0.698. The van der Waals surface area contributed by atoms with Gasteiger partial charge >= 0.3 is 5.97 Å². The molecule has 0 fully saturated rings. The molecule has 0 aliphatic carbocycles. The molecule has 10 heteroatoms. The molecule has 0 unspecified atom stereocenters. The van der Waals surface area contributed by atoms with Crippen LogP contribution < -0.4 is 9.47 Å². The van der Waals surface area contributed by atoms with Gasteiger partial charge in [0.25, 0.3) is 5.69 Å². The van der Waals surface area contributed by atoms with Crippen LogP contribution in [0.1, 0.15) is 16.7 Å². The number of nitro groups is 1. The number of rotatable bonds is 7. The van der Waals surface area contributed by atoms with Crippen molar-refractivity contribution in [1.29, 1.82) is 0 Å². The number of carbonyl (C=O) groups is 1. The molecule has 172 valence electrons. The number of nitro benzene ring substituents is 1. The summed E-state index contributed by atoms with van der Waals surface area (Å²) in [7, 11) is 1.53. The highest BCUT2D eigenvalue weighted by Gasteiger charge is 2.27. The summed E-state index contributed by atoms with van der Waals surface area (Å²) in [6, 6.07) is 17.1. The molecule has 0 bridgehead atoms. The van der Waals surface area contributed by atoms with E-state index in [1.807, 2.05) is 36.4 Å². The van der Waals surface area contributed by atoms with Crippen LogP contribution in [-0.2, 0) is 16.1 Å². The summed E-state index contributed by atoms with van der Waals surface area (Å²) in [4.78, 5) is 27.1. The molecule has 0 amide bonds. The largest absolute Gasteiger partial charge is 0.493 e. The summed E-state index contributed by atoms with van der Waals surface area (Å²) in [5, 5.41) is 11.3. The van der Waals surface area contributed by atoms with Crippen LogP contribution in [0.5, 0.6) is 11.5 Å². The first kappa shape index (κ1) is 23.7. The first-order chi connectivity index (χ1) is 16.4. The Labute approximate surface area is 213 Å². The third kappa shape index (κ3) is 5.20. The van der Waals surface area contributed by atoms with Gasteiger partial charge in [0.15, 0.2) is 17.2 Å². The van der Waals surface area contributed by atoms with Crippen LogP contribution in [0.3, 0.4) is 0 Å². The van der Waals surface area contributed by atoms with Crippen LogP contribution >= 0.6 is 34.2 Å². The molecule has 34 heavy (non-hydrogen) atoms. The van der Waals surface area contributed by atoms with Gasteiger partial charge in [0.05, 0.1) is 26.2 Å². The number of non-ortho nitro benzene ring substituents is 1. The first-order valence-electron chi connectivity index (χ1n) is 9.87. The smallest absolute Gasteiger partial charge is 0.363 e. The number of esters is 1. The van der Waals surface area contributed by atoms with Crippen LogP contribution in [-0.4, -0.2) is 23.9 Å². The molecule has 0 spiro atoms. The number of aliphatic imine (C=N–C) groups is 1. The Hall–Kier alpha value is -3.44. The van der Waals surface area contributed by atoms with Crippen LogP contribution in [0, 0.1) is 13.7 Å². The van der Waals surface area contributed by atoms with E-state index in [0.717, 1.165) is 9.13 Å². The number of benzene rings is 3. The lowest BCUT2D eigenvalue weighted by Gasteiger charge is -2.13. The number of nitrogens with zero attached hydrogens (tertiary/aromatic N) is 2. The van der Waals surface area contributed by atoms with Gasteiger partial charge in [0.2, 0.25) is 5.90 Å². The predicted octanol–water partition coefficient (Wildman–Crippen LogP) is 5.78. The molecule has 8 nitrogen and oxygen atoms in total. The maximum Gasteiger partial charge on any atom is 0.363 e. The van der Waals surface area contributed by atoms with Gasteiger partial charge in [0, 0.05) is 12.1 Å². The molecule has 1 heterocycles. The normalized spacial score (nSPS) is 14.0. The van der Waals surface area contributed by atoms with E-state index in [1.54, 1.807) is 6.07 Å². The van der Waals surface area contributed by atoms with Crippen molar-refractivity contribution in [2.24, 2.45) is 4.99 Å². The Kier molecular flexibility index (Phi) is 7.13. The van der Waals surface area contributed by atoms with Crippen molar-refractivity contribution in [3.63, 3.8) is 0 Å². The molecule has 1 aliphatic rings. The van der Waals surface area contributed by atoms with Gasteiger partial charge in [0.1, 0.15) is 6.61 Å². The van der Waals surface area contributed by atoms with Gasteiger partial charge < -0.3 is 14.2 Å². The number of carbonyl (C=O) groups excluding carboxylic acids is 1. The molecule has 4 rings (SSSR count). The second kappa shape index (κ2) is 10.2. The third-order valence-electron chi connectivity index (χ3n) is 4.79. The van der Waals surface area contributed by atoms with Crippen LogP contribution in [0.25, 0.3) is 6.08 Å². The average Bonchev–Trinajstić information content (AvgIpc) is 3.18. The van der Waals surface area contributed by atoms with Gasteiger partial charge in [-0.2, -0.15) is 0 Å². The number of methoxy groups -OCH3 is 1. The second-order valence-electron chi connectivity index (χ2n) is 7.07. The summed E-state index contributed by atoms with van der Waals surface area (Å²) in [6.45, 7) is 0.373. The Morgan fingerprint density at radius 1 is 1.18 bits per heavy atom.